The third-order valence-electron chi connectivity index (χ3n) is 2.18. The molecule has 0 aliphatic heterocycles. The smallest absolute Gasteiger partial charge is 0.123 e. The van der Waals surface area contributed by atoms with Crippen LogP contribution in [0.2, 0.25) is 5.02 Å². The van der Waals surface area contributed by atoms with Gasteiger partial charge in [0.25, 0.3) is 0 Å². The van der Waals surface area contributed by atoms with Crippen molar-refractivity contribution in [1.29, 1.82) is 0 Å². The van der Waals surface area contributed by atoms with Crippen LogP contribution in [-0.2, 0) is 17.8 Å². The Bertz CT molecular complexity index is 329. The molecule has 0 fully saturated rings. The molecule has 0 saturated heterocycles. The summed E-state index contributed by atoms with van der Waals surface area (Å²) >= 11 is 5.97. The maximum Gasteiger partial charge on any atom is 0.123 e. The average Bonchev–Trinajstić information content (AvgIpc) is 2.22. The highest BCUT2D eigenvalue weighted by molar-refractivity contribution is 6.30. The van der Waals surface area contributed by atoms with Crippen LogP contribution in [0.1, 0.15) is 11.1 Å². The minimum absolute atomic E-state index is 0.520. The maximum atomic E-state index is 5.97. The van der Waals surface area contributed by atoms with Crippen LogP contribution >= 0.6 is 11.6 Å². The maximum absolute atomic E-state index is 5.97. The summed E-state index contributed by atoms with van der Waals surface area (Å²) in [7, 11) is 3.28. The number of benzene rings is 1. The molecule has 0 spiro atoms. The first-order valence-corrected chi connectivity index (χ1v) is 5.15. The van der Waals surface area contributed by atoms with E-state index in [1.165, 1.54) is 0 Å². The number of ether oxygens (including phenoxy) is 2. The van der Waals surface area contributed by atoms with Crippen molar-refractivity contribution in [1.82, 2.24) is 0 Å². The van der Waals surface area contributed by atoms with Gasteiger partial charge < -0.3 is 15.2 Å². The van der Waals surface area contributed by atoms with Crippen molar-refractivity contribution in [3.63, 3.8) is 0 Å². The molecule has 0 atom stereocenters. The van der Waals surface area contributed by atoms with E-state index in [1.807, 2.05) is 6.07 Å². The van der Waals surface area contributed by atoms with Gasteiger partial charge in [-0.1, -0.05) is 11.6 Å². The molecule has 0 bridgehead atoms. The second kappa shape index (κ2) is 5.95. The monoisotopic (exact) mass is 229 g/mol. The van der Waals surface area contributed by atoms with Crippen LogP contribution in [0.5, 0.6) is 5.75 Å². The van der Waals surface area contributed by atoms with Crippen molar-refractivity contribution >= 4 is 11.6 Å². The van der Waals surface area contributed by atoms with Crippen LogP contribution in [0.4, 0.5) is 0 Å². The van der Waals surface area contributed by atoms with Gasteiger partial charge in [0, 0.05) is 17.7 Å². The van der Waals surface area contributed by atoms with Gasteiger partial charge in [-0.05, 0) is 30.7 Å². The Labute approximate surface area is 95.1 Å². The average molecular weight is 230 g/mol. The van der Waals surface area contributed by atoms with E-state index < -0.39 is 0 Å². The van der Waals surface area contributed by atoms with Gasteiger partial charge in [-0.25, -0.2) is 0 Å². The summed E-state index contributed by atoms with van der Waals surface area (Å²) in [6.45, 7) is 1.10. The van der Waals surface area contributed by atoms with E-state index in [9.17, 15) is 0 Å². The summed E-state index contributed by atoms with van der Waals surface area (Å²) in [5.41, 5.74) is 7.67. The lowest BCUT2D eigenvalue weighted by atomic mass is 10.0. The predicted octanol–water partition coefficient (Wildman–Crippen LogP) is 2.00. The summed E-state index contributed by atoms with van der Waals surface area (Å²) in [6, 6.07) is 3.68. The molecule has 4 heteroatoms. The Hall–Kier alpha value is -0.770. The number of nitrogens with two attached hydrogens (primary N) is 1. The number of rotatable bonds is 5. The topological polar surface area (TPSA) is 44.5 Å². The van der Waals surface area contributed by atoms with E-state index in [0.717, 1.165) is 23.3 Å². The summed E-state index contributed by atoms with van der Waals surface area (Å²) in [6.07, 6.45) is 0.763. The van der Waals surface area contributed by atoms with Gasteiger partial charge in [0.1, 0.15) is 5.75 Å². The summed E-state index contributed by atoms with van der Waals surface area (Å²) in [5.74, 6) is 0.778. The highest BCUT2D eigenvalue weighted by Gasteiger charge is 2.10. The van der Waals surface area contributed by atoms with E-state index in [0.29, 0.717) is 18.2 Å². The van der Waals surface area contributed by atoms with E-state index in [-0.39, 0.29) is 0 Å². The molecular formula is C11H16ClNO2. The molecule has 1 aromatic carbocycles. The fraction of sp³-hybridized carbons (Fsp3) is 0.455. The zero-order valence-corrected chi connectivity index (χ0v) is 9.80. The van der Waals surface area contributed by atoms with E-state index in [4.69, 9.17) is 26.8 Å². The first kappa shape index (κ1) is 12.3. The highest BCUT2D eigenvalue weighted by Crippen LogP contribution is 2.28. The lowest BCUT2D eigenvalue weighted by Crippen LogP contribution is -2.07. The second-order valence-corrected chi connectivity index (χ2v) is 3.65. The van der Waals surface area contributed by atoms with E-state index in [1.54, 1.807) is 20.3 Å². The first-order valence-electron chi connectivity index (χ1n) is 4.77. The Kier molecular flexibility index (Phi) is 4.88. The third-order valence-corrected chi connectivity index (χ3v) is 2.40. The zero-order chi connectivity index (χ0) is 11.3. The van der Waals surface area contributed by atoms with Gasteiger partial charge in [0.2, 0.25) is 0 Å². The Balaban J connectivity index is 3.14. The number of hydrogen-bond donors (Lipinski definition) is 1. The Morgan fingerprint density at radius 1 is 1.33 bits per heavy atom. The summed E-state index contributed by atoms with van der Waals surface area (Å²) < 4.78 is 10.4. The molecule has 1 aromatic rings. The first-order chi connectivity index (χ1) is 7.22. The lowest BCUT2D eigenvalue weighted by molar-refractivity contribution is 0.183. The molecule has 2 N–H and O–H groups in total. The van der Waals surface area contributed by atoms with Gasteiger partial charge in [0.15, 0.2) is 0 Å². The van der Waals surface area contributed by atoms with Gasteiger partial charge in [-0.3, -0.25) is 0 Å². The van der Waals surface area contributed by atoms with Crippen LogP contribution in [0, 0.1) is 0 Å². The molecule has 15 heavy (non-hydrogen) atoms. The fourth-order valence-corrected chi connectivity index (χ4v) is 1.79. The molecule has 0 heterocycles. The molecule has 0 aliphatic carbocycles. The molecule has 0 amide bonds. The Morgan fingerprint density at radius 2 is 2.07 bits per heavy atom. The van der Waals surface area contributed by atoms with Gasteiger partial charge in [-0.15, -0.1) is 0 Å². The quantitative estimate of drug-likeness (QED) is 0.840. The molecule has 0 aliphatic rings. The Morgan fingerprint density at radius 3 is 2.60 bits per heavy atom. The predicted molar refractivity (Wildman–Crippen MR) is 61.5 cm³/mol. The largest absolute Gasteiger partial charge is 0.496 e. The molecule has 1 rings (SSSR count). The molecule has 0 aromatic heterocycles. The summed E-state index contributed by atoms with van der Waals surface area (Å²) in [5, 5.41) is 0.652. The second-order valence-electron chi connectivity index (χ2n) is 3.22. The van der Waals surface area contributed by atoms with Crippen molar-refractivity contribution < 1.29 is 9.47 Å². The lowest BCUT2D eigenvalue weighted by Gasteiger charge is -2.13. The zero-order valence-electron chi connectivity index (χ0n) is 9.05. The molecule has 0 unspecified atom stereocenters. The van der Waals surface area contributed by atoms with Gasteiger partial charge in [-0.2, -0.15) is 0 Å². The van der Waals surface area contributed by atoms with Crippen molar-refractivity contribution in [2.75, 3.05) is 20.8 Å². The van der Waals surface area contributed by atoms with Crippen LogP contribution < -0.4 is 10.5 Å². The molecule has 0 saturated carbocycles. The van der Waals surface area contributed by atoms with Crippen LogP contribution in [-0.4, -0.2) is 20.8 Å². The number of halogens is 1. The normalized spacial score (nSPS) is 10.4. The highest BCUT2D eigenvalue weighted by atomic mass is 35.5. The molecule has 0 radical (unpaired) electrons. The summed E-state index contributed by atoms with van der Waals surface area (Å²) in [4.78, 5) is 0. The van der Waals surface area contributed by atoms with Crippen molar-refractivity contribution in [3.05, 3.63) is 28.3 Å². The van der Waals surface area contributed by atoms with Crippen molar-refractivity contribution in [2.45, 2.75) is 13.0 Å². The van der Waals surface area contributed by atoms with E-state index in [2.05, 4.69) is 0 Å². The van der Waals surface area contributed by atoms with Gasteiger partial charge in [0.05, 0.1) is 13.7 Å². The van der Waals surface area contributed by atoms with Crippen molar-refractivity contribution in [2.24, 2.45) is 5.73 Å². The minimum Gasteiger partial charge on any atom is -0.496 e. The van der Waals surface area contributed by atoms with Crippen LogP contribution in [0.15, 0.2) is 12.1 Å². The molecule has 84 valence electrons. The van der Waals surface area contributed by atoms with E-state index >= 15 is 0 Å². The van der Waals surface area contributed by atoms with Crippen LogP contribution in [0.25, 0.3) is 0 Å². The molecule has 3 nitrogen and oxygen atoms in total. The standard InChI is InChI=1S/C11H16ClNO2/c1-14-7-8-5-9(12)6-11(15-2)10(8)3-4-13/h5-6H,3-4,7,13H2,1-2H3. The minimum atomic E-state index is 0.520. The SMILES string of the molecule is COCc1cc(Cl)cc(OC)c1CCN. The number of methoxy groups -OCH3 is 2. The van der Waals surface area contributed by atoms with Crippen molar-refractivity contribution in [3.8, 4) is 5.75 Å². The van der Waals surface area contributed by atoms with Gasteiger partial charge >= 0.3 is 0 Å². The fourth-order valence-electron chi connectivity index (χ4n) is 1.56. The number of hydrogen-bond acceptors (Lipinski definition) is 3. The third kappa shape index (κ3) is 3.09. The van der Waals surface area contributed by atoms with Crippen LogP contribution in [0.3, 0.4) is 0 Å². The molecular weight excluding hydrogens is 214 g/mol.